The largest absolute Gasteiger partial charge is 0.480 e. The molecule has 0 rings (SSSR count). The summed E-state index contributed by atoms with van der Waals surface area (Å²) in [7, 11) is 0. The normalized spacial score (nSPS) is 14.7. The molecule has 0 fully saturated rings. The molecule has 3 N–H and O–H groups in total. The first-order chi connectivity index (χ1) is 6.52. The zero-order valence-corrected chi connectivity index (χ0v) is 8.49. The van der Waals surface area contributed by atoms with Crippen LogP contribution in [0.2, 0.25) is 0 Å². The van der Waals surface area contributed by atoms with Crippen LogP contribution in [0.5, 0.6) is 0 Å². The monoisotopic (exact) mass is 203 g/mol. The fraction of sp³-hybridized carbons (Fsp3) is 0.778. The molecule has 0 saturated heterocycles. The van der Waals surface area contributed by atoms with Crippen LogP contribution in [0.15, 0.2) is 0 Å². The van der Waals surface area contributed by atoms with E-state index in [1.807, 2.05) is 6.92 Å². The molecule has 5 nitrogen and oxygen atoms in total. The van der Waals surface area contributed by atoms with Crippen molar-refractivity contribution in [3.05, 3.63) is 0 Å². The van der Waals surface area contributed by atoms with Gasteiger partial charge < -0.3 is 10.2 Å². The van der Waals surface area contributed by atoms with Crippen molar-refractivity contribution in [3.63, 3.8) is 0 Å². The molecule has 0 aromatic heterocycles. The number of carbonyl (C=O) groups is 2. The molecule has 0 spiro atoms. The van der Waals surface area contributed by atoms with E-state index in [4.69, 9.17) is 10.2 Å². The summed E-state index contributed by atoms with van der Waals surface area (Å²) in [6.45, 7) is 3.57. The second-order valence-corrected chi connectivity index (χ2v) is 3.15. The molecule has 0 aromatic carbocycles. The number of hydrogen-bond acceptors (Lipinski definition) is 3. The average Bonchev–Trinajstić information content (AvgIpc) is 2.11. The zero-order valence-electron chi connectivity index (χ0n) is 8.49. The molecular weight excluding hydrogens is 186 g/mol. The first-order valence-electron chi connectivity index (χ1n) is 4.74. The fourth-order valence-electron chi connectivity index (χ4n) is 1.17. The van der Waals surface area contributed by atoms with Gasteiger partial charge in [0, 0.05) is 0 Å². The maximum Gasteiger partial charge on any atom is 0.320 e. The number of hydrogen-bond donors (Lipinski definition) is 3. The molecular formula is C9H17NO4. The minimum absolute atomic E-state index is 0.378. The summed E-state index contributed by atoms with van der Waals surface area (Å²) in [5, 5.41) is 20.1. The number of aliphatic carboxylic acids is 2. The van der Waals surface area contributed by atoms with Crippen molar-refractivity contribution >= 4 is 11.9 Å². The van der Waals surface area contributed by atoms with Crippen LogP contribution in [0, 0.1) is 0 Å². The van der Waals surface area contributed by atoms with Crippen LogP contribution in [0.3, 0.4) is 0 Å². The van der Waals surface area contributed by atoms with Gasteiger partial charge in [0.05, 0.1) is 0 Å². The molecule has 2 unspecified atom stereocenters. The second kappa shape index (κ2) is 6.37. The Hall–Kier alpha value is -1.10. The average molecular weight is 203 g/mol. The van der Waals surface area contributed by atoms with E-state index in [1.165, 1.54) is 0 Å². The van der Waals surface area contributed by atoms with Crippen molar-refractivity contribution < 1.29 is 19.8 Å². The summed E-state index contributed by atoms with van der Waals surface area (Å²) in [6.07, 6.45) is 1.53. The molecule has 2 atom stereocenters. The third kappa shape index (κ3) is 4.23. The standard InChI is InChI=1S/C9H17NO4/c1-3-5-7(9(13)14)10-6(4-2)8(11)12/h6-7,10H,3-5H2,1-2H3,(H,11,12)(H,13,14). The lowest BCUT2D eigenvalue weighted by Gasteiger charge is -2.18. The topological polar surface area (TPSA) is 86.6 Å². The highest BCUT2D eigenvalue weighted by atomic mass is 16.4. The van der Waals surface area contributed by atoms with Gasteiger partial charge in [0.25, 0.3) is 0 Å². The maximum absolute atomic E-state index is 10.7. The van der Waals surface area contributed by atoms with Crippen molar-refractivity contribution in [3.8, 4) is 0 Å². The second-order valence-electron chi connectivity index (χ2n) is 3.15. The van der Waals surface area contributed by atoms with Gasteiger partial charge in [0.1, 0.15) is 12.1 Å². The minimum atomic E-state index is -1.00. The Morgan fingerprint density at radius 1 is 1.14 bits per heavy atom. The summed E-state index contributed by atoms with van der Waals surface area (Å²) < 4.78 is 0. The van der Waals surface area contributed by atoms with Gasteiger partial charge >= 0.3 is 11.9 Å². The van der Waals surface area contributed by atoms with E-state index in [9.17, 15) is 9.59 Å². The molecule has 0 bridgehead atoms. The quantitative estimate of drug-likeness (QED) is 0.566. The van der Waals surface area contributed by atoms with Crippen molar-refractivity contribution in [2.45, 2.75) is 45.2 Å². The summed E-state index contributed by atoms with van der Waals surface area (Å²) >= 11 is 0. The Morgan fingerprint density at radius 3 is 1.93 bits per heavy atom. The smallest absolute Gasteiger partial charge is 0.320 e. The molecule has 0 amide bonds. The molecule has 0 aliphatic rings. The van der Waals surface area contributed by atoms with Crippen LogP contribution in [0.1, 0.15) is 33.1 Å². The van der Waals surface area contributed by atoms with E-state index in [1.54, 1.807) is 6.92 Å². The Bertz CT molecular complexity index is 205. The van der Waals surface area contributed by atoms with E-state index in [-0.39, 0.29) is 0 Å². The Balaban J connectivity index is 4.25. The van der Waals surface area contributed by atoms with E-state index >= 15 is 0 Å². The van der Waals surface area contributed by atoms with E-state index in [0.717, 1.165) is 0 Å². The minimum Gasteiger partial charge on any atom is -0.480 e. The number of nitrogens with one attached hydrogen (secondary N) is 1. The van der Waals surface area contributed by atoms with E-state index in [0.29, 0.717) is 19.3 Å². The van der Waals surface area contributed by atoms with Crippen LogP contribution in [-0.2, 0) is 9.59 Å². The fourth-order valence-corrected chi connectivity index (χ4v) is 1.17. The molecule has 82 valence electrons. The van der Waals surface area contributed by atoms with Crippen LogP contribution in [0.25, 0.3) is 0 Å². The lowest BCUT2D eigenvalue weighted by Crippen LogP contribution is -2.46. The molecule has 0 aliphatic carbocycles. The van der Waals surface area contributed by atoms with Gasteiger partial charge in [0.15, 0.2) is 0 Å². The number of carboxylic acids is 2. The molecule has 0 saturated carbocycles. The summed E-state index contributed by atoms with van der Waals surface area (Å²) in [5.41, 5.74) is 0. The highest BCUT2D eigenvalue weighted by Crippen LogP contribution is 2.01. The van der Waals surface area contributed by atoms with Crippen molar-refractivity contribution in [2.75, 3.05) is 0 Å². The van der Waals surface area contributed by atoms with E-state index < -0.39 is 24.0 Å². The lowest BCUT2D eigenvalue weighted by molar-refractivity contribution is -0.142. The van der Waals surface area contributed by atoms with Crippen LogP contribution in [-0.4, -0.2) is 34.2 Å². The molecule has 0 aliphatic heterocycles. The molecule has 5 heteroatoms. The summed E-state index contributed by atoms with van der Waals surface area (Å²) in [5.74, 6) is -2.00. The van der Waals surface area contributed by atoms with Crippen LogP contribution in [0.4, 0.5) is 0 Å². The Labute approximate surface area is 83.1 Å². The third-order valence-corrected chi connectivity index (χ3v) is 1.98. The number of rotatable bonds is 7. The molecule has 0 aromatic rings. The molecule has 0 heterocycles. The highest BCUT2D eigenvalue weighted by Gasteiger charge is 2.23. The molecule has 14 heavy (non-hydrogen) atoms. The summed E-state index contributed by atoms with van der Waals surface area (Å²) in [4.78, 5) is 21.3. The Kier molecular flexibility index (Phi) is 5.87. The van der Waals surface area contributed by atoms with Gasteiger partial charge in [-0.2, -0.15) is 0 Å². The highest BCUT2D eigenvalue weighted by molar-refractivity contribution is 5.77. The predicted octanol–water partition coefficient (Wildman–Crippen LogP) is 0.692. The van der Waals surface area contributed by atoms with Gasteiger partial charge in [-0.15, -0.1) is 0 Å². The number of carboxylic acid groups (broad SMARTS) is 2. The van der Waals surface area contributed by atoms with Crippen molar-refractivity contribution in [2.24, 2.45) is 0 Å². The van der Waals surface area contributed by atoms with Gasteiger partial charge in [0.2, 0.25) is 0 Å². The first-order valence-corrected chi connectivity index (χ1v) is 4.74. The van der Waals surface area contributed by atoms with Crippen molar-refractivity contribution in [1.29, 1.82) is 0 Å². The Morgan fingerprint density at radius 2 is 1.64 bits per heavy atom. The molecule has 0 radical (unpaired) electrons. The van der Waals surface area contributed by atoms with Gasteiger partial charge in [-0.1, -0.05) is 20.3 Å². The lowest BCUT2D eigenvalue weighted by atomic mass is 10.1. The van der Waals surface area contributed by atoms with Gasteiger partial charge in [-0.05, 0) is 12.8 Å². The third-order valence-electron chi connectivity index (χ3n) is 1.98. The predicted molar refractivity (Wildman–Crippen MR) is 51.2 cm³/mol. The van der Waals surface area contributed by atoms with Crippen molar-refractivity contribution in [1.82, 2.24) is 5.32 Å². The SMILES string of the molecule is CCCC(NC(CC)C(=O)O)C(=O)O. The first kappa shape index (κ1) is 12.9. The van der Waals surface area contributed by atoms with Gasteiger partial charge in [-0.3, -0.25) is 14.9 Å². The van der Waals surface area contributed by atoms with Crippen LogP contribution < -0.4 is 5.32 Å². The van der Waals surface area contributed by atoms with Crippen LogP contribution >= 0.6 is 0 Å². The summed E-state index contributed by atoms with van der Waals surface area (Å²) in [6, 6.07) is -1.54. The van der Waals surface area contributed by atoms with Gasteiger partial charge in [-0.25, -0.2) is 0 Å². The maximum atomic E-state index is 10.7. The zero-order chi connectivity index (χ0) is 11.1. The van der Waals surface area contributed by atoms with E-state index in [2.05, 4.69) is 5.32 Å².